The lowest BCUT2D eigenvalue weighted by Gasteiger charge is -2.14. The largest absolute Gasteiger partial charge is 0.355 e. The molecule has 1 rings (SSSR count). The van der Waals surface area contributed by atoms with Crippen LogP contribution in [0.5, 0.6) is 0 Å². The maximum Gasteiger partial charge on any atom is 0.236 e. The van der Waals surface area contributed by atoms with E-state index in [9.17, 15) is 4.79 Å². The molecule has 0 aliphatic heterocycles. The Morgan fingerprint density at radius 3 is 2.67 bits per heavy atom. The van der Waals surface area contributed by atoms with E-state index in [0.29, 0.717) is 0 Å². The van der Waals surface area contributed by atoms with Crippen molar-refractivity contribution in [1.29, 1.82) is 0 Å². The minimum atomic E-state index is -0.124. The van der Waals surface area contributed by atoms with Gasteiger partial charge in [0.15, 0.2) is 0 Å². The summed E-state index contributed by atoms with van der Waals surface area (Å²) in [7, 11) is 0. The molecule has 0 aliphatic carbocycles. The quantitative estimate of drug-likeness (QED) is 0.775. The summed E-state index contributed by atoms with van der Waals surface area (Å²) >= 11 is 0. The molecule has 1 aromatic rings. The Labute approximate surface area is 110 Å². The van der Waals surface area contributed by atoms with Crippen LogP contribution >= 0.6 is 0 Å². The summed E-state index contributed by atoms with van der Waals surface area (Å²) in [6, 6.07) is 8.24. The van der Waals surface area contributed by atoms with Gasteiger partial charge in [0.25, 0.3) is 0 Å². The first kappa shape index (κ1) is 14.7. The molecule has 3 heteroatoms. The standard InChI is InChI=1S/C15H24N2O/c1-4-10-17-15(18)13(3)16-11-9-14-8-6-5-7-12(14)2/h5-8,13,16H,4,9-11H2,1-3H3,(H,17,18). The third kappa shape index (κ3) is 4.88. The Balaban J connectivity index is 2.29. The molecule has 0 bridgehead atoms. The lowest BCUT2D eigenvalue weighted by atomic mass is 10.1. The molecule has 0 aliphatic rings. The van der Waals surface area contributed by atoms with Crippen molar-refractivity contribution in [2.24, 2.45) is 0 Å². The highest BCUT2D eigenvalue weighted by Crippen LogP contribution is 2.06. The van der Waals surface area contributed by atoms with Gasteiger partial charge in [0, 0.05) is 6.54 Å². The number of hydrogen-bond donors (Lipinski definition) is 2. The molecule has 0 radical (unpaired) electrons. The van der Waals surface area contributed by atoms with Gasteiger partial charge >= 0.3 is 0 Å². The van der Waals surface area contributed by atoms with Crippen LogP contribution in [0.15, 0.2) is 24.3 Å². The van der Waals surface area contributed by atoms with E-state index in [-0.39, 0.29) is 11.9 Å². The first-order valence-corrected chi connectivity index (χ1v) is 6.70. The van der Waals surface area contributed by atoms with E-state index in [1.807, 2.05) is 13.0 Å². The molecule has 2 N–H and O–H groups in total. The normalized spacial score (nSPS) is 12.2. The minimum absolute atomic E-state index is 0.0848. The van der Waals surface area contributed by atoms with E-state index >= 15 is 0 Å². The van der Waals surface area contributed by atoms with Gasteiger partial charge in [-0.3, -0.25) is 4.79 Å². The van der Waals surface area contributed by atoms with Crippen molar-refractivity contribution in [2.75, 3.05) is 13.1 Å². The van der Waals surface area contributed by atoms with Crippen LogP contribution in [0, 0.1) is 6.92 Å². The Morgan fingerprint density at radius 2 is 2.00 bits per heavy atom. The number of amides is 1. The van der Waals surface area contributed by atoms with Gasteiger partial charge in [0.1, 0.15) is 0 Å². The number of rotatable bonds is 7. The molecule has 0 saturated heterocycles. The topological polar surface area (TPSA) is 41.1 Å². The monoisotopic (exact) mass is 248 g/mol. The van der Waals surface area contributed by atoms with Gasteiger partial charge in [-0.05, 0) is 44.4 Å². The Morgan fingerprint density at radius 1 is 1.28 bits per heavy atom. The van der Waals surface area contributed by atoms with Crippen molar-refractivity contribution in [2.45, 2.75) is 39.7 Å². The van der Waals surface area contributed by atoms with Gasteiger partial charge in [0.2, 0.25) is 5.91 Å². The van der Waals surface area contributed by atoms with Crippen molar-refractivity contribution in [3.8, 4) is 0 Å². The summed E-state index contributed by atoms with van der Waals surface area (Å²) in [5.74, 6) is 0.0848. The van der Waals surface area contributed by atoms with Gasteiger partial charge in [-0.25, -0.2) is 0 Å². The van der Waals surface area contributed by atoms with E-state index in [2.05, 4.69) is 42.7 Å². The zero-order valence-corrected chi connectivity index (χ0v) is 11.6. The highest BCUT2D eigenvalue weighted by atomic mass is 16.2. The second kappa shape index (κ2) is 7.88. The van der Waals surface area contributed by atoms with Crippen LogP contribution in [-0.2, 0) is 11.2 Å². The summed E-state index contributed by atoms with van der Waals surface area (Å²) < 4.78 is 0. The lowest BCUT2D eigenvalue weighted by Crippen LogP contribution is -2.43. The highest BCUT2D eigenvalue weighted by Gasteiger charge is 2.10. The van der Waals surface area contributed by atoms with E-state index in [0.717, 1.165) is 25.9 Å². The maximum atomic E-state index is 11.6. The molecular formula is C15H24N2O. The van der Waals surface area contributed by atoms with Gasteiger partial charge in [-0.1, -0.05) is 31.2 Å². The SMILES string of the molecule is CCCNC(=O)C(C)NCCc1ccccc1C. The number of carbonyl (C=O) groups excluding carboxylic acids is 1. The van der Waals surface area contributed by atoms with Crippen LogP contribution in [0.1, 0.15) is 31.4 Å². The van der Waals surface area contributed by atoms with E-state index < -0.39 is 0 Å². The Kier molecular flexibility index (Phi) is 6.44. The summed E-state index contributed by atoms with van der Waals surface area (Å²) in [6.07, 6.45) is 1.93. The number of carbonyl (C=O) groups is 1. The van der Waals surface area contributed by atoms with Crippen LogP contribution in [0.3, 0.4) is 0 Å². The van der Waals surface area contributed by atoms with Gasteiger partial charge in [-0.15, -0.1) is 0 Å². The van der Waals surface area contributed by atoms with E-state index in [1.165, 1.54) is 11.1 Å². The summed E-state index contributed by atoms with van der Waals surface area (Å²) in [5.41, 5.74) is 2.65. The predicted molar refractivity (Wildman–Crippen MR) is 75.6 cm³/mol. The molecule has 1 unspecified atom stereocenters. The maximum absolute atomic E-state index is 11.6. The Bertz CT molecular complexity index is 377. The van der Waals surface area contributed by atoms with Crippen molar-refractivity contribution < 1.29 is 4.79 Å². The second-order valence-electron chi connectivity index (χ2n) is 4.64. The average molecular weight is 248 g/mol. The molecular weight excluding hydrogens is 224 g/mol. The smallest absolute Gasteiger partial charge is 0.236 e. The molecule has 1 atom stereocenters. The summed E-state index contributed by atoms with van der Waals surface area (Å²) in [5, 5.41) is 6.15. The second-order valence-corrected chi connectivity index (χ2v) is 4.64. The zero-order valence-electron chi connectivity index (χ0n) is 11.6. The fourth-order valence-corrected chi connectivity index (χ4v) is 1.81. The minimum Gasteiger partial charge on any atom is -0.355 e. The molecule has 100 valence electrons. The third-order valence-electron chi connectivity index (χ3n) is 3.05. The van der Waals surface area contributed by atoms with Crippen LogP contribution in [0.4, 0.5) is 0 Å². The lowest BCUT2D eigenvalue weighted by molar-refractivity contribution is -0.122. The van der Waals surface area contributed by atoms with Crippen molar-refractivity contribution in [3.63, 3.8) is 0 Å². The Hall–Kier alpha value is -1.35. The summed E-state index contributed by atoms with van der Waals surface area (Å²) in [6.45, 7) is 7.65. The van der Waals surface area contributed by atoms with Crippen molar-refractivity contribution >= 4 is 5.91 Å². The van der Waals surface area contributed by atoms with Crippen LogP contribution in [0.2, 0.25) is 0 Å². The molecule has 0 aromatic heterocycles. The van der Waals surface area contributed by atoms with E-state index in [1.54, 1.807) is 0 Å². The molecule has 1 amide bonds. The first-order valence-electron chi connectivity index (χ1n) is 6.70. The molecule has 0 saturated carbocycles. The number of aryl methyl sites for hydroxylation is 1. The fraction of sp³-hybridized carbons (Fsp3) is 0.533. The molecule has 0 spiro atoms. The molecule has 0 heterocycles. The van der Waals surface area contributed by atoms with Crippen LogP contribution < -0.4 is 10.6 Å². The molecule has 1 aromatic carbocycles. The first-order chi connectivity index (χ1) is 8.65. The van der Waals surface area contributed by atoms with Gasteiger partial charge < -0.3 is 10.6 Å². The summed E-state index contributed by atoms with van der Waals surface area (Å²) in [4.78, 5) is 11.6. The fourth-order valence-electron chi connectivity index (χ4n) is 1.81. The molecule has 0 fully saturated rings. The zero-order chi connectivity index (χ0) is 13.4. The van der Waals surface area contributed by atoms with Crippen LogP contribution in [-0.4, -0.2) is 25.0 Å². The van der Waals surface area contributed by atoms with E-state index in [4.69, 9.17) is 0 Å². The van der Waals surface area contributed by atoms with Crippen molar-refractivity contribution in [3.05, 3.63) is 35.4 Å². The third-order valence-corrected chi connectivity index (χ3v) is 3.05. The number of nitrogens with one attached hydrogen (secondary N) is 2. The van der Waals surface area contributed by atoms with Crippen molar-refractivity contribution in [1.82, 2.24) is 10.6 Å². The van der Waals surface area contributed by atoms with Crippen LogP contribution in [0.25, 0.3) is 0 Å². The number of hydrogen-bond acceptors (Lipinski definition) is 2. The van der Waals surface area contributed by atoms with Gasteiger partial charge in [-0.2, -0.15) is 0 Å². The average Bonchev–Trinajstić information content (AvgIpc) is 2.38. The molecule has 3 nitrogen and oxygen atoms in total. The van der Waals surface area contributed by atoms with Gasteiger partial charge in [0.05, 0.1) is 6.04 Å². The predicted octanol–water partition coefficient (Wildman–Crippen LogP) is 2.04. The number of benzene rings is 1. The highest BCUT2D eigenvalue weighted by molar-refractivity contribution is 5.81. The molecule has 18 heavy (non-hydrogen) atoms.